The first-order valence-corrected chi connectivity index (χ1v) is 8.94. The average molecular weight is 354 g/mol. The number of aryl methyl sites for hydroxylation is 1. The lowest BCUT2D eigenvalue weighted by Crippen LogP contribution is -2.47. The lowest BCUT2D eigenvalue weighted by Gasteiger charge is -2.32. The fourth-order valence-electron chi connectivity index (χ4n) is 3.45. The molecule has 0 aliphatic carbocycles. The summed E-state index contributed by atoms with van der Waals surface area (Å²) >= 11 is 1.39. The van der Waals surface area contributed by atoms with Crippen molar-refractivity contribution >= 4 is 35.0 Å². The van der Waals surface area contributed by atoms with Crippen molar-refractivity contribution in [2.75, 3.05) is 17.3 Å². The van der Waals surface area contributed by atoms with E-state index in [0.29, 0.717) is 11.4 Å². The van der Waals surface area contributed by atoms with E-state index in [9.17, 15) is 9.59 Å². The molecule has 0 bridgehead atoms. The lowest BCUT2D eigenvalue weighted by molar-refractivity contribution is -0.122. The third-order valence-electron chi connectivity index (χ3n) is 4.66. The van der Waals surface area contributed by atoms with Crippen molar-refractivity contribution in [3.05, 3.63) is 53.6 Å². The molecule has 6 heteroatoms. The van der Waals surface area contributed by atoms with Gasteiger partial charge in [0.2, 0.25) is 10.8 Å². The maximum absolute atomic E-state index is 13.0. The van der Waals surface area contributed by atoms with Crippen molar-refractivity contribution in [1.82, 2.24) is 0 Å². The topological polar surface area (TPSA) is 58.6 Å². The molecule has 2 aliphatic rings. The van der Waals surface area contributed by atoms with Crippen molar-refractivity contribution in [2.45, 2.75) is 24.0 Å². The maximum Gasteiger partial charge on any atom is 0.266 e. The normalized spacial score (nSPS) is 24.6. The number of rotatable bonds is 2. The number of nitrogens with zero attached hydrogens (tertiary/aromatic N) is 1. The van der Waals surface area contributed by atoms with E-state index >= 15 is 0 Å². The van der Waals surface area contributed by atoms with E-state index in [1.54, 1.807) is 24.1 Å². The molecular weight excluding hydrogens is 336 g/mol. The molecule has 2 atom stereocenters. The van der Waals surface area contributed by atoms with Gasteiger partial charge in [0.25, 0.3) is 5.91 Å². The molecule has 128 valence electrons. The molecule has 25 heavy (non-hydrogen) atoms. The van der Waals surface area contributed by atoms with Crippen molar-refractivity contribution in [3.63, 3.8) is 0 Å². The van der Waals surface area contributed by atoms with Crippen LogP contribution in [0.25, 0.3) is 0 Å². The van der Waals surface area contributed by atoms with Crippen LogP contribution in [0, 0.1) is 6.92 Å². The molecule has 2 aliphatic heterocycles. The summed E-state index contributed by atoms with van der Waals surface area (Å²) in [5, 5.41) is 2.64. The fourth-order valence-corrected chi connectivity index (χ4v) is 4.92. The summed E-state index contributed by atoms with van der Waals surface area (Å²) in [5.41, 5.74) is 3.35. The Hall–Kier alpha value is -2.47. The van der Waals surface area contributed by atoms with E-state index in [2.05, 4.69) is 5.32 Å². The van der Waals surface area contributed by atoms with E-state index in [4.69, 9.17) is 4.74 Å². The second kappa shape index (κ2) is 5.52. The Morgan fingerprint density at radius 3 is 2.56 bits per heavy atom. The van der Waals surface area contributed by atoms with Gasteiger partial charge in [0.05, 0.1) is 12.4 Å². The zero-order valence-corrected chi connectivity index (χ0v) is 15.0. The molecule has 1 spiro atoms. The maximum atomic E-state index is 13.0. The molecule has 1 fully saturated rings. The highest BCUT2D eigenvalue weighted by Gasteiger charge is 2.60. The lowest BCUT2D eigenvalue weighted by atomic mass is 10.0. The van der Waals surface area contributed by atoms with Gasteiger partial charge in [-0.1, -0.05) is 17.7 Å². The highest BCUT2D eigenvalue weighted by molar-refractivity contribution is 8.03. The predicted octanol–water partition coefficient (Wildman–Crippen LogP) is 3.28. The molecule has 0 unspecified atom stereocenters. The van der Waals surface area contributed by atoms with Crippen LogP contribution in [0.15, 0.2) is 42.5 Å². The number of benzene rings is 2. The molecule has 2 aromatic carbocycles. The van der Waals surface area contributed by atoms with Gasteiger partial charge in [-0.15, -0.1) is 11.8 Å². The molecule has 5 nitrogen and oxygen atoms in total. The molecule has 0 aromatic heterocycles. The Balaban J connectivity index is 1.91. The standard InChI is InChI=1S/C19H18N2O3S/c1-11-4-9-16-15(10-11)19(18(23)20-16)21(17(22)12(2)25-19)13-5-7-14(24-3)8-6-13/h4-10,12H,1-3H3,(H,20,23)/t12-,19+/m0/s1. The number of hydrogen-bond donors (Lipinski definition) is 1. The molecule has 4 rings (SSSR count). The van der Waals surface area contributed by atoms with Crippen LogP contribution in [0.3, 0.4) is 0 Å². The molecule has 0 radical (unpaired) electrons. The number of fused-ring (bicyclic) bond motifs is 2. The van der Waals surface area contributed by atoms with Crippen molar-refractivity contribution in [1.29, 1.82) is 0 Å². The first-order valence-electron chi connectivity index (χ1n) is 8.06. The summed E-state index contributed by atoms with van der Waals surface area (Å²) in [4.78, 5) is 26.5. The summed E-state index contributed by atoms with van der Waals surface area (Å²) < 4.78 is 5.20. The minimum Gasteiger partial charge on any atom is -0.497 e. The van der Waals surface area contributed by atoms with E-state index in [0.717, 1.165) is 16.8 Å². The Morgan fingerprint density at radius 1 is 1.16 bits per heavy atom. The Labute approximate surface area is 150 Å². The Morgan fingerprint density at radius 2 is 1.88 bits per heavy atom. The third kappa shape index (κ3) is 2.17. The van der Waals surface area contributed by atoms with Crippen molar-refractivity contribution < 1.29 is 14.3 Å². The number of amides is 2. The SMILES string of the molecule is COc1ccc(N2C(=O)[C@H](C)S[C@]23C(=O)Nc2ccc(C)cc23)cc1. The number of carbonyl (C=O) groups excluding carboxylic acids is 2. The van der Waals surface area contributed by atoms with Gasteiger partial charge < -0.3 is 10.1 Å². The van der Waals surface area contributed by atoms with Crippen LogP contribution in [0.1, 0.15) is 18.1 Å². The van der Waals surface area contributed by atoms with Crippen molar-refractivity contribution in [2.24, 2.45) is 0 Å². The van der Waals surface area contributed by atoms with Gasteiger partial charge >= 0.3 is 0 Å². The van der Waals surface area contributed by atoms with Crippen LogP contribution in [-0.2, 0) is 14.5 Å². The number of thioether (sulfide) groups is 1. The average Bonchev–Trinajstić information content (AvgIpc) is 3.03. The van der Waals surface area contributed by atoms with E-state index in [1.165, 1.54) is 11.8 Å². The fraction of sp³-hybridized carbons (Fsp3) is 0.263. The quantitative estimate of drug-likeness (QED) is 0.899. The number of ether oxygens (including phenoxy) is 1. The van der Waals surface area contributed by atoms with Crippen LogP contribution in [0.5, 0.6) is 5.75 Å². The molecule has 1 saturated heterocycles. The second-order valence-electron chi connectivity index (χ2n) is 6.28. The van der Waals surface area contributed by atoms with Crippen LogP contribution in [-0.4, -0.2) is 24.2 Å². The minimum absolute atomic E-state index is 0.0697. The smallest absolute Gasteiger partial charge is 0.266 e. The zero-order chi connectivity index (χ0) is 17.8. The van der Waals surface area contributed by atoms with E-state index in [-0.39, 0.29) is 17.1 Å². The van der Waals surface area contributed by atoms with Crippen LogP contribution >= 0.6 is 11.8 Å². The van der Waals surface area contributed by atoms with Gasteiger partial charge in [-0.25, -0.2) is 0 Å². The number of methoxy groups -OCH3 is 1. The highest BCUT2D eigenvalue weighted by atomic mass is 32.2. The molecule has 1 N–H and O–H groups in total. The summed E-state index contributed by atoms with van der Waals surface area (Å²) in [6.07, 6.45) is 0. The van der Waals surface area contributed by atoms with Gasteiger partial charge in [0, 0.05) is 16.9 Å². The van der Waals surface area contributed by atoms with Gasteiger partial charge in [-0.05, 0) is 44.2 Å². The molecule has 0 saturated carbocycles. The summed E-state index contributed by atoms with van der Waals surface area (Å²) in [7, 11) is 1.60. The Bertz CT molecular complexity index is 881. The molecule has 2 heterocycles. The predicted molar refractivity (Wildman–Crippen MR) is 99.0 cm³/mol. The largest absolute Gasteiger partial charge is 0.497 e. The first kappa shape index (κ1) is 16.0. The Kier molecular flexibility index (Phi) is 3.54. The van der Waals surface area contributed by atoms with Crippen LogP contribution in [0.2, 0.25) is 0 Å². The number of nitrogens with one attached hydrogen (secondary N) is 1. The zero-order valence-electron chi connectivity index (χ0n) is 14.2. The van der Waals surface area contributed by atoms with Crippen molar-refractivity contribution in [3.8, 4) is 5.75 Å². The van der Waals surface area contributed by atoms with Gasteiger partial charge in [-0.2, -0.15) is 0 Å². The number of anilines is 2. The van der Waals surface area contributed by atoms with Crippen LogP contribution < -0.4 is 15.0 Å². The summed E-state index contributed by atoms with van der Waals surface area (Å²) in [6, 6.07) is 13.1. The molecule has 2 aromatic rings. The van der Waals surface area contributed by atoms with Crippen LogP contribution in [0.4, 0.5) is 11.4 Å². The van der Waals surface area contributed by atoms with Gasteiger partial charge in [0.1, 0.15) is 5.75 Å². The summed E-state index contributed by atoms with van der Waals surface area (Å²) in [6.45, 7) is 3.83. The highest BCUT2D eigenvalue weighted by Crippen LogP contribution is 2.56. The van der Waals surface area contributed by atoms with Gasteiger partial charge in [-0.3, -0.25) is 14.5 Å². The minimum atomic E-state index is -1.06. The second-order valence-corrected chi connectivity index (χ2v) is 7.81. The first-order chi connectivity index (χ1) is 12.0. The number of hydrogen-bond acceptors (Lipinski definition) is 4. The summed E-state index contributed by atoms with van der Waals surface area (Å²) in [5.74, 6) is 0.462. The monoisotopic (exact) mass is 354 g/mol. The number of carbonyl (C=O) groups is 2. The van der Waals surface area contributed by atoms with E-state index in [1.807, 2.05) is 44.2 Å². The molecule has 2 amide bonds. The third-order valence-corrected chi connectivity index (χ3v) is 6.14. The molecular formula is C19H18N2O3S. The van der Waals surface area contributed by atoms with Gasteiger partial charge in [0.15, 0.2) is 0 Å². The van der Waals surface area contributed by atoms with E-state index < -0.39 is 4.87 Å².